The Kier molecular flexibility index (Phi) is 5.34. The highest BCUT2D eigenvalue weighted by Gasteiger charge is 2.36. The molecule has 0 fully saturated rings. The maximum atomic E-state index is 11.0. The molecule has 0 aliphatic rings. The average molecular weight is 188 g/mol. The van der Waals surface area contributed by atoms with Gasteiger partial charge in [-0.3, -0.25) is 4.89 Å². The Hall–Kier alpha value is -0.870. The molecule has 0 aromatic rings. The number of aliphatic hydroxyl groups is 1. The second-order valence-corrected chi connectivity index (χ2v) is 3.01. The number of carbonyl (C=O) groups excluding carboxylic acids is 1. The van der Waals surface area contributed by atoms with Crippen LogP contribution in [-0.4, -0.2) is 21.9 Å². The molecule has 0 aromatic heterocycles. The molecule has 4 nitrogen and oxygen atoms in total. The molecule has 0 rings (SSSR count). The van der Waals surface area contributed by atoms with Gasteiger partial charge in [0.2, 0.25) is 0 Å². The van der Waals surface area contributed by atoms with E-state index in [1.54, 1.807) is 0 Å². The van der Waals surface area contributed by atoms with E-state index in [4.69, 9.17) is 5.26 Å². The van der Waals surface area contributed by atoms with Gasteiger partial charge in [-0.2, -0.15) is 5.26 Å². The van der Waals surface area contributed by atoms with E-state index in [0.29, 0.717) is 6.42 Å². The molecule has 1 atom stereocenters. The number of hydrogen-bond acceptors (Lipinski definition) is 4. The highest BCUT2D eigenvalue weighted by atomic mass is 17.1. The number of carbonyl (C=O) groups is 1. The van der Waals surface area contributed by atoms with E-state index >= 15 is 0 Å². The summed E-state index contributed by atoms with van der Waals surface area (Å²) in [4.78, 5) is 14.5. The molecule has 0 spiro atoms. The molecule has 0 saturated carbocycles. The summed E-state index contributed by atoms with van der Waals surface area (Å²) in [7, 11) is 0. The molecule has 13 heavy (non-hydrogen) atoms. The first-order valence-corrected chi connectivity index (χ1v) is 4.30. The summed E-state index contributed by atoms with van der Waals surface area (Å²) in [5.74, 6) is -1.01. The lowest BCUT2D eigenvalue weighted by Crippen LogP contribution is -2.39. The molecule has 0 radical (unpaired) electrons. The quantitative estimate of drug-likeness (QED) is 0.376. The summed E-state index contributed by atoms with van der Waals surface area (Å²) in [6, 6.07) is 0. The van der Waals surface area contributed by atoms with Gasteiger partial charge in [-0.1, -0.05) is 25.8 Å². The third kappa shape index (κ3) is 3.57. The van der Waals surface area contributed by atoms with E-state index in [0.717, 1.165) is 6.42 Å². The lowest BCUT2D eigenvalue weighted by molar-refractivity contribution is -0.252. The molecule has 4 heteroatoms. The van der Waals surface area contributed by atoms with E-state index in [9.17, 15) is 9.90 Å². The van der Waals surface area contributed by atoms with Gasteiger partial charge in [-0.15, -0.1) is 6.58 Å². The third-order valence-electron chi connectivity index (χ3n) is 1.89. The molecule has 0 aliphatic heterocycles. The van der Waals surface area contributed by atoms with Crippen LogP contribution in [-0.2, 0) is 9.68 Å². The minimum Gasteiger partial charge on any atom is -0.378 e. The number of rotatable bonds is 6. The standard InChI is InChI=1S/C9H16O4/c1-3-5-7-9(11,6-4-2)8(10)13-12/h4,11-12H,2-3,5-7H2,1H3. The fraction of sp³-hybridized carbons (Fsp3) is 0.667. The van der Waals surface area contributed by atoms with Gasteiger partial charge < -0.3 is 5.11 Å². The van der Waals surface area contributed by atoms with Gasteiger partial charge in [-0.05, 0) is 6.42 Å². The SMILES string of the molecule is C=CCC(O)(CCCC)C(=O)OO. The van der Waals surface area contributed by atoms with Crippen LogP contribution >= 0.6 is 0 Å². The van der Waals surface area contributed by atoms with Gasteiger partial charge in [0, 0.05) is 6.42 Å². The molecule has 0 bridgehead atoms. The second-order valence-electron chi connectivity index (χ2n) is 3.01. The average Bonchev–Trinajstić information content (AvgIpc) is 2.14. The summed E-state index contributed by atoms with van der Waals surface area (Å²) < 4.78 is 0. The summed E-state index contributed by atoms with van der Waals surface area (Å²) in [5, 5.41) is 17.9. The third-order valence-corrected chi connectivity index (χ3v) is 1.89. The minimum atomic E-state index is -1.62. The molecule has 76 valence electrons. The predicted molar refractivity (Wildman–Crippen MR) is 48.0 cm³/mol. The van der Waals surface area contributed by atoms with Crippen molar-refractivity contribution in [2.24, 2.45) is 0 Å². The topological polar surface area (TPSA) is 66.8 Å². The molecule has 1 unspecified atom stereocenters. The Morgan fingerprint density at radius 3 is 2.69 bits per heavy atom. The maximum Gasteiger partial charge on any atom is 0.373 e. The van der Waals surface area contributed by atoms with Crippen LogP contribution in [0.25, 0.3) is 0 Å². The molecule has 0 aliphatic carbocycles. The van der Waals surface area contributed by atoms with Crippen molar-refractivity contribution in [1.82, 2.24) is 0 Å². The highest BCUT2D eigenvalue weighted by Crippen LogP contribution is 2.20. The van der Waals surface area contributed by atoms with Crippen molar-refractivity contribution in [3.05, 3.63) is 12.7 Å². The fourth-order valence-corrected chi connectivity index (χ4v) is 1.08. The van der Waals surface area contributed by atoms with Crippen molar-refractivity contribution in [1.29, 1.82) is 0 Å². The van der Waals surface area contributed by atoms with Crippen molar-refractivity contribution in [2.45, 2.75) is 38.2 Å². The first kappa shape index (κ1) is 12.1. The normalized spacial score (nSPS) is 14.7. The van der Waals surface area contributed by atoms with Crippen molar-refractivity contribution in [2.75, 3.05) is 0 Å². The zero-order chi connectivity index (χ0) is 10.3. The zero-order valence-corrected chi connectivity index (χ0v) is 7.82. The van der Waals surface area contributed by atoms with E-state index in [1.807, 2.05) is 6.92 Å². The van der Waals surface area contributed by atoms with Gasteiger partial charge in [0.05, 0.1) is 0 Å². The molecular weight excluding hydrogens is 172 g/mol. The van der Waals surface area contributed by atoms with Gasteiger partial charge in [0.1, 0.15) is 0 Å². The lowest BCUT2D eigenvalue weighted by Gasteiger charge is -2.22. The monoisotopic (exact) mass is 188 g/mol. The lowest BCUT2D eigenvalue weighted by atomic mass is 9.93. The van der Waals surface area contributed by atoms with Crippen LogP contribution in [0.3, 0.4) is 0 Å². The summed E-state index contributed by atoms with van der Waals surface area (Å²) in [5.41, 5.74) is -1.62. The predicted octanol–water partition coefficient (Wildman–Crippen LogP) is 1.50. The molecule has 0 saturated heterocycles. The van der Waals surface area contributed by atoms with Crippen LogP contribution in [0.2, 0.25) is 0 Å². The van der Waals surface area contributed by atoms with E-state index in [-0.39, 0.29) is 12.8 Å². The van der Waals surface area contributed by atoms with Crippen molar-refractivity contribution >= 4 is 5.97 Å². The van der Waals surface area contributed by atoms with Gasteiger partial charge in [0.25, 0.3) is 0 Å². The smallest absolute Gasteiger partial charge is 0.373 e. The van der Waals surface area contributed by atoms with Gasteiger partial charge >= 0.3 is 5.97 Å². The number of hydrogen-bond donors (Lipinski definition) is 2. The van der Waals surface area contributed by atoms with Crippen LogP contribution in [0.4, 0.5) is 0 Å². The molecule has 0 amide bonds. The Balaban J connectivity index is 4.31. The van der Waals surface area contributed by atoms with E-state index in [2.05, 4.69) is 11.5 Å². The first-order chi connectivity index (χ1) is 6.10. The van der Waals surface area contributed by atoms with Crippen molar-refractivity contribution in [3.8, 4) is 0 Å². The molecular formula is C9H16O4. The molecule has 2 N–H and O–H groups in total. The van der Waals surface area contributed by atoms with E-state index < -0.39 is 11.6 Å². The Labute approximate surface area is 77.8 Å². The minimum absolute atomic E-state index is 0.0897. The highest BCUT2D eigenvalue weighted by molar-refractivity contribution is 5.78. The second kappa shape index (κ2) is 5.72. The summed E-state index contributed by atoms with van der Waals surface area (Å²) >= 11 is 0. The van der Waals surface area contributed by atoms with Gasteiger partial charge in [0.15, 0.2) is 5.60 Å². The van der Waals surface area contributed by atoms with Crippen LogP contribution in [0, 0.1) is 0 Å². The van der Waals surface area contributed by atoms with Crippen LogP contribution < -0.4 is 0 Å². The maximum absolute atomic E-state index is 11.0. The van der Waals surface area contributed by atoms with Crippen LogP contribution in [0.1, 0.15) is 32.6 Å². The largest absolute Gasteiger partial charge is 0.378 e. The fourth-order valence-electron chi connectivity index (χ4n) is 1.08. The number of unbranched alkanes of at least 4 members (excludes halogenated alkanes) is 1. The zero-order valence-electron chi connectivity index (χ0n) is 7.82. The van der Waals surface area contributed by atoms with Crippen molar-refractivity contribution in [3.63, 3.8) is 0 Å². The summed E-state index contributed by atoms with van der Waals surface area (Å²) in [6.07, 6.45) is 3.34. The van der Waals surface area contributed by atoms with Crippen molar-refractivity contribution < 1.29 is 20.0 Å². The Morgan fingerprint density at radius 2 is 2.31 bits per heavy atom. The summed E-state index contributed by atoms with van der Waals surface area (Å²) in [6.45, 7) is 5.36. The molecule has 0 heterocycles. The Morgan fingerprint density at radius 1 is 1.69 bits per heavy atom. The Bertz CT molecular complexity index is 178. The molecule has 0 aromatic carbocycles. The van der Waals surface area contributed by atoms with Crippen LogP contribution in [0.5, 0.6) is 0 Å². The van der Waals surface area contributed by atoms with Crippen LogP contribution in [0.15, 0.2) is 12.7 Å². The first-order valence-electron chi connectivity index (χ1n) is 4.30. The van der Waals surface area contributed by atoms with Gasteiger partial charge in [-0.25, -0.2) is 4.79 Å². The van der Waals surface area contributed by atoms with E-state index in [1.165, 1.54) is 6.08 Å².